The van der Waals surface area contributed by atoms with Crippen LogP contribution in [0.25, 0.3) is 0 Å². The summed E-state index contributed by atoms with van der Waals surface area (Å²) in [4.78, 5) is 15.6. The van der Waals surface area contributed by atoms with Crippen molar-refractivity contribution in [3.05, 3.63) is 20.8 Å². The second kappa shape index (κ2) is 7.41. The van der Waals surface area contributed by atoms with Gasteiger partial charge < -0.3 is 10.2 Å². The molecule has 1 aromatic rings. The molecule has 0 spiro atoms. The molecule has 3 nitrogen and oxygen atoms in total. The van der Waals surface area contributed by atoms with Gasteiger partial charge in [0.05, 0.1) is 6.04 Å². The van der Waals surface area contributed by atoms with Gasteiger partial charge in [-0.15, -0.1) is 11.3 Å². The molecule has 106 valence electrons. The van der Waals surface area contributed by atoms with Crippen molar-refractivity contribution >= 4 is 33.2 Å². The first kappa shape index (κ1) is 15.0. The Morgan fingerprint density at radius 1 is 1.42 bits per heavy atom. The summed E-state index contributed by atoms with van der Waals surface area (Å²) in [5.74, 6) is 0.245. The van der Waals surface area contributed by atoms with Crippen LogP contribution < -0.4 is 5.32 Å². The highest BCUT2D eigenvalue weighted by molar-refractivity contribution is 9.10. The Morgan fingerprint density at radius 3 is 2.68 bits per heavy atom. The first-order valence-corrected chi connectivity index (χ1v) is 8.60. The lowest BCUT2D eigenvalue weighted by Gasteiger charge is -2.24. The van der Waals surface area contributed by atoms with Gasteiger partial charge in [0.15, 0.2) is 0 Å². The number of carbonyl (C=O) groups excluding carboxylic acids is 1. The molecule has 1 unspecified atom stereocenters. The highest BCUT2D eigenvalue weighted by Gasteiger charge is 2.21. The first-order chi connectivity index (χ1) is 9.18. The van der Waals surface area contributed by atoms with Gasteiger partial charge in [0.25, 0.3) is 0 Å². The largest absolute Gasteiger partial charge is 0.341 e. The van der Waals surface area contributed by atoms with Gasteiger partial charge in [0.1, 0.15) is 0 Å². The molecular weight excluding hydrogens is 324 g/mol. The van der Waals surface area contributed by atoms with E-state index < -0.39 is 0 Å². The molecule has 2 rings (SSSR count). The van der Waals surface area contributed by atoms with Crippen molar-refractivity contribution in [3.63, 3.8) is 0 Å². The number of hydrogen-bond acceptors (Lipinski definition) is 3. The molecule has 2 heterocycles. The molecule has 1 N–H and O–H groups in total. The van der Waals surface area contributed by atoms with Gasteiger partial charge in [-0.3, -0.25) is 4.79 Å². The van der Waals surface area contributed by atoms with Crippen LogP contribution in [-0.2, 0) is 11.3 Å². The number of hydrogen-bond donors (Lipinski definition) is 1. The van der Waals surface area contributed by atoms with Gasteiger partial charge in [-0.2, -0.15) is 0 Å². The van der Waals surface area contributed by atoms with E-state index in [1.807, 2.05) is 17.9 Å². The molecular formula is C14H21BrN2OS. The lowest BCUT2D eigenvalue weighted by molar-refractivity contribution is -0.133. The quantitative estimate of drug-likeness (QED) is 0.907. The van der Waals surface area contributed by atoms with Crippen molar-refractivity contribution in [2.75, 3.05) is 13.1 Å². The van der Waals surface area contributed by atoms with E-state index in [2.05, 4.69) is 26.6 Å². The van der Waals surface area contributed by atoms with E-state index >= 15 is 0 Å². The van der Waals surface area contributed by atoms with Crippen molar-refractivity contribution in [2.24, 2.45) is 0 Å². The van der Waals surface area contributed by atoms with Crippen LogP contribution in [0.15, 0.2) is 15.9 Å². The fraction of sp³-hybridized carbons (Fsp3) is 0.643. The van der Waals surface area contributed by atoms with E-state index in [4.69, 9.17) is 0 Å². The van der Waals surface area contributed by atoms with E-state index in [0.717, 1.165) is 36.9 Å². The number of carbonyl (C=O) groups is 1. The van der Waals surface area contributed by atoms with Gasteiger partial charge in [0, 0.05) is 29.0 Å². The molecule has 0 saturated carbocycles. The molecule has 19 heavy (non-hydrogen) atoms. The lowest BCUT2D eigenvalue weighted by Crippen LogP contribution is -2.44. The van der Waals surface area contributed by atoms with E-state index in [-0.39, 0.29) is 11.9 Å². The van der Waals surface area contributed by atoms with Gasteiger partial charge in [0.2, 0.25) is 5.91 Å². The van der Waals surface area contributed by atoms with Crippen LogP contribution in [0.2, 0.25) is 0 Å². The van der Waals surface area contributed by atoms with Crippen LogP contribution >= 0.6 is 27.3 Å². The fourth-order valence-corrected chi connectivity index (χ4v) is 3.79. The highest BCUT2D eigenvalue weighted by atomic mass is 79.9. The number of nitrogens with zero attached hydrogens (tertiary/aromatic N) is 1. The molecule has 1 aliphatic heterocycles. The molecule has 1 saturated heterocycles. The fourth-order valence-electron chi connectivity index (χ4n) is 2.35. The normalized spacial score (nSPS) is 18.1. The number of rotatable bonds is 4. The molecule has 0 aromatic carbocycles. The van der Waals surface area contributed by atoms with Crippen molar-refractivity contribution in [1.29, 1.82) is 0 Å². The third-order valence-electron chi connectivity index (χ3n) is 3.55. The van der Waals surface area contributed by atoms with E-state index in [0.29, 0.717) is 0 Å². The SMILES string of the molecule is CC(NCc1sccc1Br)C(=O)N1CCCCCC1. The number of halogens is 1. The standard InChI is InChI=1S/C14H21BrN2OS/c1-11(16-10-13-12(15)6-9-19-13)14(18)17-7-4-2-3-5-8-17/h6,9,11,16H,2-5,7-8,10H2,1H3. The minimum atomic E-state index is -0.105. The minimum absolute atomic E-state index is 0.105. The second-order valence-electron chi connectivity index (χ2n) is 5.03. The summed E-state index contributed by atoms with van der Waals surface area (Å²) < 4.78 is 1.12. The summed E-state index contributed by atoms with van der Waals surface area (Å²) in [5, 5.41) is 5.39. The summed E-state index contributed by atoms with van der Waals surface area (Å²) in [7, 11) is 0. The second-order valence-corrected chi connectivity index (χ2v) is 6.89. The van der Waals surface area contributed by atoms with Crippen LogP contribution in [0, 0.1) is 0 Å². The first-order valence-electron chi connectivity index (χ1n) is 6.92. The molecule has 5 heteroatoms. The number of likely N-dealkylation sites (tertiary alicyclic amines) is 1. The highest BCUT2D eigenvalue weighted by Crippen LogP contribution is 2.22. The Labute approximate surface area is 127 Å². The molecule has 1 amide bonds. The Bertz CT molecular complexity index is 413. The maximum Gasteiger partial charge on any atom is 0.239 e. The predicted octanol–water partition coefficient (Wildman–Crippen LogP) is 3.39. The summed E-state index contributed by atoms with van der Waals surface area (Å²) >= 11 is 5.22. The molecule has 1 aromatic heterocycles. The molecule has 1 aliphatic rings. The molecule has 1 atom stereocenters. The zero-order valence-electron chi connectivity index (χ0n) is 11.3. The lowest BCUT2D eigenvalue weighted by atomic mass is 10.2. The number of thiophene rings is 1. The maximum atomic E-state index is 12.4. The topological polar surface area (TPSA) is 32.3 Å². The molecule has 0 aliphatic carbocycles. The number of amides is 1. The average Bonchev–Trinajstić information content (AvgIpc) is 2.68. The van der Waals surface area contributed by atoms with E-state index in [9.17, 15) is 4.79 Å². The smallest absolute Gasteiger partial charge is 0.239 e. The van der Waals surface area contributed by atoms with Crippen molar-refractivity contribution < 1.29 is 4.79 Å². The Morgan fingerprint density at radius 2 is 2.11 bits per heavy atom. The van der Waals surface area contributed by atoms with Crippen molar-refractivity contribution in [2.45, 2.75) is 45.2 Å². The predicted molar refractivity (Wildman–Crippen MR) is 83.4 cm³/mol. The number of nitrogens with one attached hydrogen (secondary N) is 1. The van der Waals surface area contributed by atoms with Gasteiger partial charge in [-0.25, -0.2) is 0 Å². The summed E-state index contributed by atoms with van der Waals surface area (Å²) in [5.41, 5.74) is 0. The molecule has 0 radical (unpaired) electrons. The van der Waals surface area contributed by atoms with Crippen LogP contribution in [0.1, 0.15) is 37.5 Å². The van der Waals surface area contributed by atoms with Gasteiger partial charge in [-0.05, 0) is 47.1 Å². The van der Waals surface area contributed by atoms with Crippen LogP contribution in [0.3, 0.4) is 0 Å². The Balaban J connectivity index is 1.83. The molecule has 1 fully saturated rings. The monoisotopic (exact) mass is 344 g/mol. The zero-order valence-corrected chi connectivity index (χ0v) is 13.7. The third kappa shape index (κ3) is 4.29. The van der Waals surface area contributed by atoms with Crippen LogP contribution in [0.5, 0.6) is 0 Å². The van der Waals surface area contributed by atoms with E-state index in [1.54, 1.807) is 11.3 Å². The average molecular weight is 345 g/mol. The van der Waals surface area contributed by atoms with Gasteiger partial charge >= 0.3 is 0 Å². The zero-order chi connectivity index (χ0) is 13.7. The van der Waals surface area contributed by atoms with Crippen molar-refractivity contribution in [1.82, 2.24) is 10.2 Å². The van der Waals surface area contributed by atoms with Crippen LogP contribution in [0.4, 0.5) is 0 Å². The Kier molecular flexibility index (Phi) is 5.85. The Hall–Kier alpha value is -0.390. The third-order valence-corrected chi connectivity index (χ3v) is 5.47. The maximum absolute atomic E-state index is 12.4. The van der Waals surface area contributed by atoms with Gasteiger partial charge in [-0.1, -0.05) is 12.8 Å². The summed E-state index contributed by atoms with van der Waals surface area (Å²) in [6.45, 7) is 4.56. The van der Waals surface area contributed by atoms with Crippen molar-refractivity contribution in [3.8, 4) is 0 Å². The van der Waals surface area contributed by atoms with E-state index in [1.165, 1.54) is 17.7 Å². The molecule has 0 bridgehead atoms. The van der Waals surface area contributed by atoms with Crippen LogP contribution in [-0.4, -0.2) is 29.9 Å². The summed E-state index contributed by atoms with van der Waals surface area (Å²) in [6.07, 6.45) is 4.81. The minimum Gasteiger partial charge on any atom is -0.341 e. The summed E-state index contributed by atoms with van der Waals surface area (Å²) in [6, 6.07) is 1.94.